The summed E-state index contributed by atoms with van der Waals surface area (Å²) in [4.78, 5) is 12.2. The maximum Gasteiger partial charge on any atom is 0.238 e. The summed E-state index contributed by atoms with van der Waals surface area (Å²) in [5.74, 6) is -1.10. The molecule has 21 heavy (non-hydrogen) atoms. The first-order chi connectivity index (χ1) is 10.0. The highest BCUT2D eigenvalue weighted by Gasteiger charge is 2.20. The van der Waals surface area contributed by atoms with Crippen molar-refractivity contribution in [1.82, 2.24) is 0 Å². The molecule has 0 unspecified atom stereocenters. The molecular weight excluding hydrogens is 315 g/mol. The Balaban J connectivity index is 2.44. The van der Waals surface area contributed by atoms with Crippen LogP contribution in [0, 0.1) is 0 Å². The molecule has 6 heteroatoms. The molecule has 3 aromatic rings. The fraction of sp³-hybridized carbons (Fsp3) is 0. The lowest BCUT2D eigenvalue weighted by Gasteiger charge is -2.08. The molecule has 1 aromatic heterocycles. The van der Waals surface area contributed by atoms with Crippen LogP contribution in [0.3, 0.4) is 0 Å². The van der Waals surface area contributed by atoms with Crippen LogP contribution in [-0.2, 0) is 0 Å². The van der Waals surface area contributed by atoms with E-state index in [4.69, 9.17) is 27.6 Å². The van der Waals surface area contributed by atoms with Gasteiger partial charge in [0.1, 0.15) is 16.0 Å². The van der Waals surface area contributed by atoms with E-state index in [1.807, 2.05) is 0 Å². The number of fused-ring (bicyclic) bond motifs is 1. The van der Waals surface area contributed by atoms with Crippen molar-refractivity contribution >= 4 is 34.2 Å². The second-order valence-corrected chi connectivity index (χ2v) is 5.15. The van der Waals surface area contributed by atoms with Crippen LogP contribution in [0.4, 0.5) is 0 Å². The quantitative estimate of drug-likeness (QED) is 0.705. The van der Waals surface area contributed by atoms with E-state index in [2.05, 4.69) is 0 Å². The Kier molecular flexibility index (Phi) is 3.27. The lowest BCUT2D eigenvalue weighted by molar-refractivity contribution is 0.445. The van der Waals surface area contributed by atoms with Crippen LogP contribution < -0.4 is 5.43 Å². The molecular formula is C15H8Cl2O4. The van der Waals surface area contributed by atoms with Crippen molar-refractivity contribution in [3.8, 4) is 22.8 Å². The molecule has 0 aliphatic carbocycles. The molecule has 1 heterocycles. The van der Waals surface area contributed by atoms with Gasteiger partial charge in [-0.2, -0.15) is 0 Å². The summed E-state index contributed by atoms with van der Waals surface area (Å²) >= 11 is 11.7. The molecule has 0 fully saturated rings. The van der Waals surface area contributed by atoms with Crippen LogP contribution in [-0.4, -0.2) is 10.2 Å². The molecule has 0 radical (unpaired) electrons. The first kappa shape index (κ1) is 13.8. The molecule has 0 bridgehead atoms. The second kappa shape index (κ2) is 4.98. The Bertz CT molecular complexity index is 901. The summed E-state index contributed by atoms with van der Waals surface area (Å²) in [6.45, 7) is 0. The standard InChI is InChI=1S/C15H8Cl2O4/c16-8-6-9-10(12(18)11(8)17)13(19)14(20)15(21-9)7-4-2-1-3-5-7/h1-6,18,20H. The summed E-state index contributed by atoms with van der Waals surface area (Å²) in [6.07, 6.45) is 0. The largest absolute Gasteiger partial charge is 0.505 e. The van der Waals surface area contributed by atoms with E-state index in [-0.39, 0.29) is 26.8 Å². The predicted molar refractivity (Wildman–Crippen MR) is 81.3 cm³/mol. The van der Waals surface area contributed by atoms with Gasteiger partial charge in [0.15, 0.2) is 11.5 Å². The average molecular weight is 323 g/mol. The second-order valence-electron chi connectivity index (χ2n) is 4.37. The first-order valence-corrected chi connectivity index (χ1v) is 6.68. The Labute approximate surface area is 128 Å². The van der Waals surface area contributed by atoms with Gasteiger partial charge in [0, 0.05) is 11.6 Å². The molecule has 2 N–H and O–H groups in total. The lowest BCUT2D eigenvalue weighted by atomic mass is 10.1. The Morgan fingerprint density at radius 2 is 1.67 bits per heavy atom. The monoisotopic (exact) mass is 322 g/mol. The molecule has 2 aromatic carbocycles. The van der Waals surface area contributed by atoms with E-state index in [1.54, 1.807) is 30.3 Å². The van der Waals surface area contributed by atoms with E-state index >= 15 is 0 Å². The third-order valence-electron chi connectivity index (χ3n) is 3.06. The highest BCUT2D eigenvalue weighted by Crippen LogP contribution is 2.39. The zero-order chi connectivity index (χ0) is 15.1. The van der Waals surface area contributed by atoms with Crippen LogP contribution in [0.15, 0.2) is 45.6 Å². The van der Waals surface area contributed by atoms with Crippen LogP contribution in [0.25, 0.3) is 22.3 Å². The van der Waals surface area contributed by atoms with E-state index in [9.17, 15) is 15.0 Å². The van der Waals surface area contributed by atoms with E-state index in [1.165, 1.54) is 6.07 Å². The number of hydrogen-bond donors (Lipinski definition) is 2. The minimum atomic E-state index is -0.772. The Morgan fingerprint density at radius 1 is 1.00 bits per heavy atom. The van der Waals surface area contributed by atoms with E-state index in [0.717, 1.165) is 0 Å². The number of phenolic OH excluding ortho intramolecular Hbond substituents is 1. The van der Waals surface area contributed by atoms with Gasteiger partial charge in [-0.25, -0.2) is 0 Å². The summed E-state index contributed by atoms with van der Waals surface area (Å²) < 4.78 is 5.52. The Hall–Kier alpha value is -2.17. The lowest BCUT2D eigenvalue weighted by Crippen LogP contribution is -2.03. The highest BCUT2D eigenvalue weighted by molar-refractivity contribution is 6.44. The van der Waals surface area contributed by atoms with Crippen LogP contribution in [0.5, 0.6) is 11.5 Å². The average Bonchev–Trinajstić information content (AvgIpc) is 2.49. The highest BCUT2D eigenvalue weighted by atomic mass is 35.5. The number of aromatic hydroxyl groups is 2. The fourth-order valence-electron chi connectivity index (χ4n) is 2.06. The van der Waals surface area contributed by atoms with Crippen molar-refractivity contribution in [2.24, 2.45) is 0 Å². The van der Waals surface area contributed by atoms with Gasteiger partial charge in [-0.15, -0.1) is 0 Å². The number of rotatable bonds is 1. The van der Waals surface area contributed by atoms with E-state index in [0.29, 0.717) is 5.56 Å². The zero-order valence-electron chi connectivity index (χ0n) is 10.4. The van der Waals surface area contributed by atoms with Crippen molar-refractivity contribution in [2.75, 3.05) is 0 Å². The summed E-state index contributed by atoms with van der Waals surface area (Å²) in [7, 11) is 0. The van der Waals surface area contributed by atoms with Gasteiger partial charge in [-0.1, -0.05) is 53.5 Å². The van der Waals surface area contributed by atoms with Crippen molar-refractivity contribution in [1.29, 1.82) is 0 Å². The molecule has 3 rings (SSSR count). The maximum absolute atomic E-state index is 12.2. The number of hydrogen-bond acceptors (Lipinski definition) is 4. The minimum Gasteiger partial charge on any atom is -0.505 e. The molecule has 0 atom stereocenters. The molecule has 4 nitrogen and oxygen atoms in total. The van der Waals surface area contributed by atoms with Gasteiger partial charge in [0.2, 0.25) is 11.2 Å². The number of halogens is 2. The van der Waals surface area contributed by atoms with Crippen molar-refractivity contribution in [3.05, 3.63) is 56.7 Å². The van der Waals surface area contributed by atoms with Crippen LogP contribution in [0.1, 0.15) is 0 Å². The summed E-state index contributed by atoms with van der Waals surface area (Å²) in [6, 6.07) is 9.97. The molecule has 0 saturated heterocycles. The minimum absolute atomic E-state index is 0.00545. The molecule has 0 aliphatic heterocycles. The van der Waals surface area contributed by atoms with Gasteiger partial charge in [0.25, 0.3) is 0 Å². The van der Waals surface area contributed by atoms with Gasteiger partial charge in [0.05, 0.1) is 5.02 Å². The SMILES string of the molecule is O=c1c(O)c(-c2ccccc2)oc2cc(Cl)c(Cl)c(O)c12. The van der Waals surface area contributed by atoms with Crippen molar-refractivity contribution in [3.63, 3.8) is 0 Å². The first-order valence-electron chi connectivity index (χ1n) is 5.93. The van der Waals surface area contributed by atoms with Gasteiger partial charge < -0.3 is 14.6 Å². The van der Waals surface area contributed by atoms with Gasteiger partial charge in [-0.05, 0) is 0 Å². The zero-order valence-corrected chi connectivity index (χ0v) is 11.9. The molecule has 0 aliphatic rings. The predicted octanol–water partition coefficient (Wildman–Crippen LogP) is 4.18. The fourth-order valence-corrected chi connectivity index (χ4v) is 2.39. The van der Waals surface area contributed by atoms with Gasteiger partial charge >= 0.3 is 0 Å². The number of benzene rings is 2. The normalized spacial score (nSPS) is 11.0. The molecule has 0 amide bonds. The van der Waals surface area contributed by atoms with Crippen LogP contribution in [0.2, 0.25) is 10.0 Å². The maximum atomic E-state index is 12.2. The summed E-state index contributed by atoms with van der Waals surface area (Å²) in [5.41, 5.74) is -0.200. The van der Waals surface area contributed by atoms with Gasteiger partial charge in [-0.3, -0.25) is 4.79 Å². The molecule has 106 valence electrons. The van der Waals surface area contributed by atoms with Crippen LogP contribution >= 0.6 is 23.2 Å². The topological polar surface area (TPSA) is 70.7 Å². The Morgan fingerprint density at radius 3 is 2.33 bits per heavy atom. The third kappa shape index (κ3) is 2.13. The smallest absolute Gasteiger partial charge is 0.238 e. The third-order valence-corrected chi connectivity index (χ3v) is 3.84. The van der Waals surface area contributed by atoms with Crippen molar-refractivity contribution < 1.29 is 14.6 Å². The molecule has 0 spiro atoms. The number of phenols is 1. The van der Waals surface area contributed by atoms with E-state index < -0.39 is 16.9 Å². The molecule has 0 saturated carbocycles. The van der Waals surface area contributed by atoms with Crippen molar-refractivity contribution in [2.45, 2.75) is 0 Å². The summed E-state index contributed by atoms with van der Waals surface area (Å²) in [5, 5.41) is 19.6.